The Kier molecular flexibility index (Phi) is 4.01. The average Bonchev–Trinajstić information content (AvgIpc) is 2.96. The molecule has 23 heavy (non-hydrogen) atoms. The van der Waals surface area contributed by atoms with Crippen molar-refractivity contribution in [3.8, 4) is 23.0 Å². The summed E-state index contributed by atoms with van der Waals surface area (Å²) in [5.41, 5.74) is 4.15. The van der Waals surface area contributed by atoms with Crippen LogP contribution in [0.5, 0.6) is 0 Å². The van der Waals surface area contributed by atoms with E-state index in [9.17, 15) is 0 Å². The first-order chi connectivity index (χ1) is 11.0. The molecule has 7 nitrogen and oxygen atoms in total. The molecule has 7 heteroatoms. The third kappa shape index (κ3) is 3.33. The number of rotatable bonds is 4. The lowest BCUT2D eigenvalue weighted by Crippen LogP contribution is -2.03. The Hall–Kier alpha value is -2.83. The van der Waals surface area contributed by atoms with Crippen LogP contribution in [-0.4, -0.2) is 31.6 Å². The SMILES string of the molecule is CCNc1nc(C)cc(-c2nc(-c3cc(C)nc(C)c3)no2)n1. The topological polar surface area (TPSA) is 89.6 Å². The Morgan fingerprint density at radius 2 is 1.61 bits per heavy atom. The van der Waals surface area contributed by atoms with Crippen LogP contribution in [0.15, 0.2) is 22.7 Å². The van der Waals surface area contributed by atoms with Crippen molar-refractivity contribution in [3.05, 3.63) is 35.3 Å². The molecule has 3 rings (SSSR count). The summed E-state index contributed by atoms with van der Waals surface area (Å²) in [5.74, 6) is 1.45. The van der Waals surface area contributed by atoms with Gasteiger partial charge in [0.05, 0.1) is 0 Å². The minimum Gasteiger partial charge on any atom is -0.354 e. The molecule has 0 saturated heterocycles. The molecule has 0 aliphatic carbocycles. The summed E-state index contributed by atoms with van der Waals surface area (Å²) in [6.07, 6.45) is 0. The number of pyridine rings is 1. The number of hydrogen-bond acceptors (Lipinski definition) is 7. The van der Waals surface area contributed by atoms with Crippen molar-refractivity contribution in [1.82, 2.24) is 25.1 Å². The molecular weight excluding hydrogens is 292 g/mol. The highest BCUT2D eigenvalue weighted by molar-refractivity contribution is 5.59. The Labute approximate surface area is 134 Å². The maximum Gasteiger partial charge on any atom is 0.277 e. The molecule has 3 aromatic rings. The molecule has 0 atom stereocenters. The summed E-state index contributed by atoms with van der Waals surface area (Å²) in [4.78, 5) is 17.5. The molecule has 0 fully saturated rings. The quantitative estimate of drug-likeness (QED) is 0.792. The van der Waals surface area contributed by atoms with Gasteiger partial charge in [0.2, 0.25) is 11.8 Å². The molecule has 3 aromatic heterocycles. The number of nitrogens with one attached hydrogen (secondary N) is 1. The van der Waals surface area contributed by atoms with Crippen LogP contribution in [-0.2, 0) is 0 Å². The molecule has 0 amide bonds. The van der Waals surface area contributed by atoms with E-state index >= 15 is 0 Å². The van der Waals surface area contributed by atoms with Crippen molar-refractivity contribution < 1.29 is 4.52 Å². The van der Waals surface area contributed by atoms with Crippen molar-refractivity contribution >= 4 is 5.95 Å². The second kappa shape index (κ2) is 6.12. The van der Waals surface area contributed by atoms with E-state index < -0.39 is 0 Å². The fourth-order valence-corrected chi connectivity index (χ4v) is 2.32. The van der Waals surface area contributed by atoms with E-state index in [1.807, 2.05) is 45.9 Å². The number of hydrogen-bond donors (Lipinski definition) is 1. The van der Waals surface area contributed by atoms with E-state index in [2.05, 4.69) is 30.4 Å². The first-order valence-corrected chi connectivity index (χ1v) is 7.44. The minimum absolute atomic E-state index is 0.372. The lowest BCUT2D eigenvalue weighted by atomic mass is 10.2. The van der Waals surface area contributed by atoms with Crippen LogP contribution in [0.2, 0.25) is 0 Å². The van der Waals surface area contributed by atoms with Gasteiger partial charge in [0.15, 0.2) is 0 Å². The van der Waals surface area contributed by atoms with Gasteiger partial charge < -0.3 is 9.84 Å². The largest absolute Gasteiger partial charge is 0.354 e. The smallest absolute Gasteiger partial charge is 0.277 e. The summed E-state index contributed by atoms with van der Waals surface area (Å²) in [6, 6.07) is 5.68. The molecule has 0 radical (unpaired) electrons. The van der Waals surface area contributed by atoms with Crippen LogP contribution in [0.25, 0.3) is 23.0 Å². The molecule has 0 unspecified atom stereocenters. The van der Waals surface area contributed by atoms with E-state index in [0.29, 0.717) is 23.4 Å². The van der Waals surface area contributed by atoms with Gasteiger partial charge in [-0.15, -0.1) is 0 Å². The van der Waals surface area contributed by atoms with Gasteiger partial charge in [-0.1, -0.05) is 5.16 Å². The molecule has 118 valence electrons. The Bertz CT molecular complexity index is 822. The lowest BCUT2D eigenvalue weighted by molar-refractivity contribution is 0.431. The van der Waals surface area contributed by atoms with Crippen molar-refractivity contribution in [2.75, 3.05) is 11.9 Å². The van der Waals surface area contributed by atoms with E-state index in [0.717, 1.165) is 29.2 Å². The predicted octanol–water partition coefficient (Wildman–Crippen LogP) is 2.95. The molecule has 0 aromatic carbocycles. The number of nitrogens with zero attached hydrogens (tertiary/aromatic N) is 5. The van der Waals surface area contributed by atoms with Crippen LogP contribution < -0.4 is 5.32 Å². The highest BCUT2D eigenvalue weighted by Crippen LogP contribution is 2.23. The fourth-order valence-electron chi connectivity index (χ4n) is 2.32. The van der Waals surface area contributed by atoms with Crippen LogP contribution in [0.3, 0.4) is 0 Å². The van der Waals surface area contributed by atoms with Crippen LogP contribution in [0.4, 0.5) is 5.95 Å². The summed E-state index contributed by atoms with van der Waals surface area (Å²) in [5, 5.41) is 7.15. The Morgan fingerprint density at radius 3 is 2.30 bits per heavy atom. The second-order valence-electron chi connectivity index (χ2n) is 5.31. The normalized spacial score (nSPS) is 10.8. The molecule has 0 aliphatic heterocycles. The van der Waals surface area contributed by atoms with Gasteiger partial charge in [-0.3, -0.25) is 4.98 Å². The Balaban J connectivity index is 1.98. The summed E-state index contributed by atoms with van der Waals surface area (Å²) in [7, 11) is 0. The fraction of sp³-hybridized carbons (Fsp3) is 0.312. The van der Waals surface area contributed by atoms with Gasteiger partial charge >= 0.3 is 0 Å². The zero-order valence-electron chi connectivity index (χ0n) is 13.6. The van der Waals surface area contributed by atoms with Gasteiger partial charge in [-0.05, 0) is 45.9 Å². The number of anilines is 1. The van der Waals surface area contributed by atoms with Crippen LogP contribution >= 0.6 is 0 Å². The molecule has 0 bridgehead atoms. The third-order valence-corrected chi connectivity index (χ3v) is 3.17. The molecule has 3 heterocycles. The van der Waals surface area contributed by atoms with E-state index in [-0.39, 0.29) is 0 Å². The van der Waals surface area contributed by atoms with Crippen LogP contribution in [0, 0.1) is 20.8 Å². The lowest BCUT2D eigenvalue weighted by Gasteiger charge is -2.03. The number of aryl methyl sites for hydroxylation is 3. The van der Waals surface area contributed by atoms with Crippen molar-refractivity contribution in [1.29, 1.82) is 0 Å². The molecule has 1 N–H and O–H groups in total. The van der Waals surface area contributed by atoms with Crippen molar-refractivity contribution in [2.45, 2.75) is 27.7 Å². The Morgan fingerprint density at radius 1 is 0.913 bits per heavy atom. The second-order valence-corrected chi connectivity index (χ2v) is 5.31. The molecule has 0 spiro atoms. The zero-order valence-corrected chi connectivity index (χ0v) is 13.6. The number of aromatic nitrogens is 5. The standard InChI is InChI=1S/C16H18N6O/c1-5-17-16-19-11(4)8-13(20-16)15-21-14(22-23-15)12-6-9(2)18-10(3)7-12/h6-8H,5H2,1-4H3,(H,17,19,20). The van der Waals surface area contributed by atoms with Gasteiger partial charge in [0.1, 0.15) is 5.69 Å². The van der Waals surface area contributed by atoms with Crippen LogP contribution in [0.1, 0.15) is 24.0 Å². The molecule has 0 saturated carbocycles. The summed E-state index contributed by atoms with van der Waals surface area (Å²) >= 11 is 0. The third-order valence-electron chi connectivity index (χ3n) is 3.17. The molecular formula is C16H18N6O. The summed E-state index contributed by atoms with van der Waals surface area (Å²) in [6.45, 7) is 8.51. The van der Waals surface area contributed by atoms with Gasteiger partial charge in [-0.25, -0.2) is 9.97 Å². The maximum absolute atomic E-state index is 5.37. The highest BCUT2D eigenvalue weighted by atomic mass is 16.5. The predicted molar refractivity (Wildman–Crippen MR) is 86.9 cm³/mol. The van der Waals surface area contributed by atoms with E-state index in [1.54, 1.807) is 0 Å². The highest BCUT2D eigenvalue weighted by Gasteiger charge is 2.14. The van der Waals surface area contributed by atoms with Gasteiger partial charge in [0.25, 0.3) is 5.89 Å². The zero-order chi connectivity index (χ0) is 16.4. The van der Waals surface area contributed by atoms with E-state index in [4.69, 9.17) is 4.52 Å². The van der Waals surface area contributed by atoms with Gasteiger partial charge in [-0.2, -0.15) is 4.98 Å². The van der Waals surface area contributed by atoms with Crippen molar-refractivity contribution in [3.63, 3.8) is 0 Å². The average molecular weight is 310 g/mol. The molecule has 0 aliphatic rings. The van der Waals surface area contributed by atoms with E-state index in [1.165, 1.54) is 0 Å². The summed E-state index contributed by atoms with van der Waals surface area (Å²) < 4.78 is 5.37. The maximum atomic E-state index is 5.37. The van der Waals surface area contributed by atoms with Gasteiger partial charge in [0, 0.05) is 29.2 Å². The first-order valence-electron chi connectivity index (χ1n) is 7.44. The monoisotopic (exact) mass is 310 g/mol. The first kappa shape index (κ1) is 15.1. The minimum atomic E-state index is 0.372. The van der Waals surface area contributed by atoms with Crippen molar-refractivity contribution in [2.24, 2.45) is 0 Å².